The van der Waals surface area contributed by atoms with Gasteiger partial charge in [0, 0.05) is 10.9 Å². The summed E-state index contributed by atoms with van der Waals surface area (Å²) >= 11 is 6.36. The van der Waals surface area contributed by atoms with Crippen LogP contribution in [0.25, 0.3) is 22.3 Å². The van der Waals surface area contributed by atoms with Crippen molar-refractivity contribution in [3.05, 3.63) is 58.2 Å². The minimum atomic E-state index is 0.515. The third kappa shape index (κ3) is 2.64. The minimum Gasteiger partial charge on any atom is -0.228 e. The molecule has 1 heterocycles. The summed E-state index contributed by atoms with van der Waals surface area (Å²) < 4.78 is 0. The van der Waals surface area contributed by atoms with Gasteiger partial charge in [-0.05, 0) is 37.5 Å². The van der Waals surface area contributed by atoms with E-state index < -0.39 is 0 Å². The number of nitrogens with zero attached hydrogens (tertiary/aromatic N) is 2. The molecule has 1 aromatic heterocycles. The molecule has 0 N–H and O–H groups in total. The van der Waals surface area contributed by atoms with Crippen molar-refractivity contribution in [1.82, 2.24) is 9.97 Å². The molecular weight excluding hydrogens is 280 g/mol. The molecule has 0 amide bonds. The van der Waals surface area contributed by atoms with Crippen molar-refractivity contribution in [1.29, 1.82) is 0 Å². The number of benzene rings is 2. The average molecular weight is 297 g/mol. The highest BCUT2D eigenvalue weighted by Crippen LogP contribution is 2.28. The Labute approximate surface area is 129 Å². The Kier molecular flexibility index (Phi) is 3.64. The first-order chi connectivity index (χ1) is 10.1. The van der Waals surface area contributed by atoms with Gasteiger partial charge in [-0.1, -0.05) is 54.4 Å². The van der Waals surface area contributed by atoms with Crippen molar-refractivity contribution in [3.63, 3.8) is 0 Å². The van der Waals surface area contributed by atoms with Gasteiger partial charge < -0.3 is 0 Å². The van der Waals surface area contributed by atoms with Crippen molar-refractivity contribution >= 4 is 22.5 Å². The lowest BCUT2D eigenvalue weighted by molar-refractivity contribution is 1.14. The van der Waals surface area contributed by atoms with E-state index >= 15 is 0 Å². The highest BCUT2D eigenvalue weighted by Gasteiger charge is 2.10. The maximum Gasteiger partial charge on any atom is 0.161 e. The number of aromatic nitrogens is 2. The van der Waals surface area contributed by atoms with Gasteiger partial charge in [0.15, 0.2) is 5.82 Å². The first-order valence-electron chi connectivity index (χ1n) is 7.12. The Hall–Kier alpha value is -1.93. The van der Waals surface area contributed by atoms with Crippen molar-refractivity contribution in [2.24, 2.45) is 0 Å². The molecule has 0 bridgehead atoms. The second-order valence-corrected chi connectivity index (χ2v) is 5.72. The number of fused-ring (bicyclic) bond motifs is 1. The van der Waals surface area contributed by atoms with Crippen molar-refractivity contribution in [2.45, 2.75) is 27.2 Å². The summed E-state index contributed by atoms with van der Waals surface area (Å²) in [7, 11) is 0. The van der Waals surface area contributed by atoms with Crippen LogP contribution in [0.4, 0.5) is 0 Å². The fourth-order valence-corrected chi connectivity index (χ4v) is 2.79. The van der Waals surface area contributed by atoms with Crippen LogP contribution in [0.15, 0.2) is 36.4 Å². The Balaban J connectivity index is 2.19. The van der Waals surface area contributed by atoms with Gasteiger partial charge in [-0.15, -0.1) is 0 Å². The molecular formula is C18H17ClN2. The van der Waals surface area contributed by atoms with Crippen molar-refractivity contribution in [2.75, 3.05) is 0 Å². The summed E-state index contributed by atoms with van der Waals surface area (Å²) in [6, 6.07) is 12.5. The minimum absolute atomic E-state index is 0.515. The summed E-state index contributed by atoms with van der Waals surface area (Å²) in [5.74, 6) is 0.683. The molecule has 2 aromatic carbocycles. The topological polar surface area (TPSA) is 25.8 Å². The van der Waals surface area contributed by atoms with Gasteiger partial charge in [0.2, 0.25) is 0 Å². The van der Waals surface area contributed by atoms with Crippen molar-refractivity contribution < 1.29 is 0 Å². The highest BCUT2D eigenvalue weighted by molar-refractivity contribution is 6.34. The lowest BCUT2D eigenvalue weighted by Gasteiger charge is -2.08. The van der Waals surface area contributed by atoms with E-state index in [1.165, 1.54) is 11.1 Å². The summed E-state index contributed by atoms with van der Waals surface area (Å²) in [5, 5.41) is 1.43. The molecule has 0 unspecified atom stereocenters. The number of hydrogen-bond donors (Lipinski definition) is 0. The molecule has 3 aromatic rings. The SMILES string of the molecule is CCc1ccc(-c2nc(Cl)c3cc(C)cc(C)c3n2)cc1. The second kappa shape index (κ2) is 5.45. The molecule has 3 heteroatoms. The van der Waals surface area contributed by atoms with E-state index in [1.54, 1.807) is 0 Å². The van der Waals surface area contributed by atoms with E-state index in [2.05, 4.69) is 56.1 Å². The molecule has 3 rings (SSSR count). The second-order valence-electron chi connectivity index (χ2n) is 5.37. The third-order valence-electron chi connectivity index (χ3n) is 3.71. The lowest BCUT2D eigenvalue weighted by Crippen LogP contribution is -1.95. The Morgan fingerprint density at radius 1 is 1.00 bits per heavy atom. The van der Waals surface area contributed by atoms with Crippen LogP contribution in [-0.2, 0) is 6.42 Å². The summed E-state index contributed by atoms with van der Waals surface area (Å²) in [6.07, 6.45) is 1.03. The van der Waals surface area contributed by atoms with E-state index in [1.807, 2.05) is 6.07 Å². The van der Waals surface area contributed by atoms with E-state index in [-0.39, 0.29) is 0 Å². The van der Waals surface area contributed by atoms with Crippen LogP contribution in [0.1, 0.15) is 23.6 Å². The van der Waals surface area contributed by atoms with Crippen molar-refractivity contribution in [3.8, 4) is 11.4 Å². The fourth-order valence-electron chi connectivity index (χ4n) is 2.57. The Bertz CT molecular complexity index is 808. The van der Waals surface area contributed by atoms with Crippen LogP contribution in [0.3, 0.4) is 0 Å². The summed E-state index contributed by atoms with van der Waals surface area (Å²) in [4.78, 5) is 9.17. The predicted octanol–water partition coefficient (Wildman–Crippen LogP) is 5.13. The van der Waals surface area contributed by atoms with Crippen LogP contribution in [0, 0.1) is 13.8 Å². The van der Waals surface area contributed by atoms with Gasteiger partial charge in [0.05, 0.1) is 5.52 Å². The highest BCUT2D eigenvalue weighted by atomic mass is 35.5. The first-order valence-corrected chi connectivity index (χ1v) is 7.50. The molecule has 106 valence electrons. The van der Waals surface area contributed by atoms with Gasteiger partial charge in [-0.2, -0.15) is 0 Å². The van der Waals surface area contributed by atoms with Gasteiger partial charge >= 0.3 is 0 Å². The average Bonchev–Trinajstić information content (AvgIpc) is 2.48. The van der Waals surface area contributed by atoms with Crippen LogP contribution >= 0.6 is 11.6 Å². The molecule has 0 spiro atoms. The van der Waals surface area contributed by atoms with Crippen LogP contribution < -0.4 is 0 Å². The fraction of sp³-hybridized carbons (Fsp3) is 0.222. The normalized spacial score (nSPS) is 11.0. The summed E-state index contributed by atoms with van der Waals surface area (Å²) in [6.45, 7) is 6.26. The maximum absolute atomic E-state index is 6.36. The largest absolute Gasteiger partial charge is 0.228 e. The first kappa shape index (κ1) is 14.0. The smallest absolute Gasteiger partial charge is 0.161 e. The number of rotatable bonds is 2. The molecule has 0 fully saturated rings. The van der Waals surface area contributed by atoms with E-state index in [0.29, 0.717) is 11.0 Å². The van der Waals surface area contributed by atoms with Crippen LogP contribution in [0.2, 0.25) is 5.15 Å². The number of hydrogen-bond acceptors (Lipinski definition) is 2. The molecule has 0 aliphatic rings. The van der Waals surface area contributed by atoms with Gasteiger partial charge in [0.1, 0.15) is 5.15 Å². The van der Waals surface area contributed by atoms with Gasteiger partial charge in [-0.3, -0.25) is 0 Å². The molecule has 0 aliphatic carbocycles. The van der Waals surface area contributed by atoms with Gasteiger partial charge in [0.25, 0.3) is 0 Å². The Morgan fingerprint density at radius 2 is 1.71 bits per heavy atom. The van der Waals surface area contributed by atoms with Crippen LogP contribution in [-0.4, -0.2) is 9.97 Å². The standard InChI is InChI=1S/C18H17ClN2/c1-4-13-5-7-14(8-6-13)18-20-16-12(3)9-11(2)10-15(16)17(19)21-18/h5-10H,4H2,1-3H3. The zero-order valence-corrected chi connectivity index (χ0v) is 13.2. The zero-order chi connectivity index (χ0) is 15.0. The number of aryl methyl sites for hydroxylation is 3. The van der Waals surface area contributed by atoms with E-state index in [4.69, 9.17) is 16.6 Å². The monoisotopic (exact) mass is 296 g/mol. The quantitative estimate of drug-likeness (QED) is 0.613. The molecule has 0 radical (unpaired) electrons. The Morgan fingerprint density at radius 3 is 2.38 bits per heavy atom. The van der Waals surface area contributed by atoms with Crippen LogP contribution in [0.5, 0.6) is 0 Å². The zero-order valence-electron chi connectivity index (χ0n) is 12.4. The van der Waals surface area contributed by atoms with E-state index in [9.17, 15) is 0 Å². The maximum atomic E-state index is 6.36. The van der Waals surface area contributed by atoms with Gasteiger partial charge in [-0.25, -0.2) is 9.97 Å². The molecule has 2 nitrogen and oxygen atoms in total. The molecule has 0 aliphatic heterocycles. The molecule has 0 atom stereocenters. The summed E-state index contributed by atoms with van der Waals surface area (Å²) in [5.41, 5.74) is 5.52. The predicted molar refractivity (Wildman–Crippen MR) is 88.8 cm³/mol. The van der Waals surface area contributed by atoms with E-state index in [0.717, 1.165) is 28.5 Å². The number of halogens is 1. The molecule has 0 saturated heterocycles. The third-order valence-corrected chi connectivity index (χ3v) is 4.00. The lowest BCUT2D eigenvalue weighted by atomic mass is 10.1. The molecule has 0 saturated carbocycles. The molecule has 21 heavy (non-hydrogen) atoms.